The normalized spacial score (nSPS) is 26.4. The minimum Gasteiger partial charge on any atom is -0.311 e. The number of hydrogen-bond acceptors (Lipinski definition) is 3. The van der Waals surface area contributed by atoms with Crippen LogP contribution in [-0.2, 0) is 0 Å². The van der Waals surface area contributed by atoms with Crippen molar-refractivity contribution in [2.45, 2.75) is 38.8 Å². The minimum atomic E-state index is 0.734. The number of nitrogens with one attached hydrogen (secondary N) is 1. The summed E-state index contributed by atoms with van der Waals surface area (Å²) in [7, 11) is 0. The molecule has 0 bridgehead atoms. The monoisotopic (exact) mass is 216 g/mol. The predicted octanol–water partition coefficient (Wildman–Crippen LogP) is 1.81. The Balaban J connectivity index is 2.31. The Kier molecular flexibility index (Phi) is 5.90. The van der Waals surface area contributed by atoms with Gasteiger partial charge in [-0.25, -0.2) is 0 Å². The van der Waals surface area contributed by atoms with Crippen LogP contribution in [0.3, 0.4) is 0 Å². The van der Waals surface area contributed by atoms with Gasteiger partial charge in [-0.3, -0.25) is 4.90 Å². The first-order chi connectivity index (χ1) is 6.77. The van der Waals surface area contributed by atoms with Gasteiger partial charge in [-0.2, -0.15) is 11.8 Å². The quantitative estimate of drug-likeness (QED) is 0.754. The third-order valence-electron chi connectivity index (χ3n) is 2.96. The summed E-state index contributed by atoms with van der Waals surface area (Å²) in [4.78, 5) is 2.63. The van der Waals surface area contributed by atoms with Crippen molar-refractivity contribution in [2.24, 2.45) is 0 Å². The van der Waals surface area contributed by atoms with E-state index in [1.807, 2.05) is 11.8 Å². The second-order valence-electron chi connectivity index (χ2n) is 4.24. The van der Waals surface area contributed by atoms with Crippen LogP contribution in [0.5, 0.6) is 0 Å². The van der Waals surface area contributed by atoms with E-state index in [-0.39, 0.29) is 0 Å². The predicted molar refractivity (Wildman–Crippen MR) is 66.1 cm³/mol. The molecule has 0 aromatic carbocycles. The second-order valence-corrected chi connectivity index (χ2v) is 5.15. The maximum absolute atomic E-state index is 3.60. The van der Waals surface area contributed by atoms with E-state index in [1.165, 1.54) is 38.2 Å². The van der Waals surface area contributed by atoms with E-state index in [0.29, 0.717) is 0 Å². The summed E-state index contributed by atoms with van der Waals surface area (Å²) in [5.74, 6) is 1.26. The number of thioether (sulfide) groups is 1. The van der Waals surface area contributed by atoms with Crippen molar-refractivity contribution in [3.8, 4) is 0 Å². The molecule has 1 rings (SSSR count). The third-order valence-corrected chi connectivity index (χ3v) is 3.77. The standard InChI is InChI=1S/C11H24N2S/c1-4-5-11-8-13(7-6-12-11)10(2)9-14-3/h10-12H,4-9H2,1-3H3. The van der Waals surface area contributed by atoms with Crippen molar-refractivity contribution in [3.63, 3.8) is 0 Å². The number of nitrogens with zero attached hydrogens (tertiary/aromatic N) is 1. The van der Waals surface area contributed by atoms with Crippen molar-refractivity contribution in [1.29, 1.82) is 0 Å². The van der Waals surface area contributed by atoms with E-state index in [9.17, 15) is 0 Å². The van der Waals surface area contributed by atoms with Crippen LogP contribution < -0.4 is 5.32 Å². The van der Waals surface area contributed by atoms with Crippen LogP contribution in [0, 0.1) is 0 Å². The summed E-state index contributed by atoms with van der Waals surface area (Å²) in [6.45, 7) is 8.26. The number of piperazine rings is 1. The van der Waals surface area contributed by atoms with Gasteiger partial charge in [0.1, 0.15) is 0 Å². The molecule has 0 amide bonds. The zero-order chi connectivity index (χ0) is 10.4. The van der Waals surface area contributed by atoms with E-state index in [0.717, 1.165) is 12.1 Å². The van der Waals surface area contributed by atoms with Gasteiger partial charge < -0.3 is 5.32 Å². The first-order valence-electron chi connectivity index (χ1n) is 5.74. The fraction of sp³-hybridized carbons (Fsp3) is 1.00. The molecule has 2 unspecified atom stereocenters. The lowest BCUT2D eigenvalue weighted by atomic mass is 10.1. The zero-order valence-corrected chi connectivity index (χ0v) is 10.6. The summed E-state index contributed by atoms with van der Waals surface area (Å²) in [6.07, 6.45) is 4.81. The van der Waals surface area contributed by atoms with Crippen LogP contribution in [0.25, 0.3) is 0 Å². The first kappa shape index (κ1) is 12.3. The van der Waals surface area contributed by atoms with Gasteiger partial charge in [0.05, 0.1) is 0 Å². The van der Waals surface area contributed by atoms with Gasteiger partial charge in [-0.05, 0) is 19.6 Å². The minimum absolute atomic E-state index is 0.734. The molecule has 1 aliphatic rings. The average molecular weight is 216 g/mol. The van der Waals surface area contributed by atoms with E-state index < -0.39 is 0 Å². The fourth-order valence-corrected chi connectivity index (χ4v) is 2.83. The molecular weight excluding hydrogens is 192 g/mol. The third kappa shape index (κ3) is 3.79. The highest BCUT2D eigenvalue weighted by molar-refractivity contribution is 7.98. The molecule has 14 heavy (non-hydrogen) atoms. The molecule has 0 spiro atoms. The Morgan fingerprint density at radius 3 is 3.00 bits per heavy atom. The lowest BCUT2D eigenvalue weighted by molar-refractivity contribution is 0.160. The summed E-state index contributed by atoms with van der Waals surface area (Å²) in [6, 6.07) is 1.48. The van der Waals surface area contributed by atoms with Crippen molar-refractivity contribution < 1.29 is 0 Å². The topological polar surface area (TPSA) is 15.3 Å². The molecule has 1 fully saturated rings. The molecule has 0 aromatic rings. The van der Waals surface area contributed by atoms with Crippen LogP contribution in [-0.4, -0.2) is 48.6 Å². The van der Waals surface area contributed by atoms with Crippen molar-refractivity contribution in [2.75, 3.05) is 31.6 Å². The molecule has 3 heteroatoms. The lowest BCUT2D eigenvalue weighted by Gasteiger charge is -2.37. The van der Waals surface area contributed by atoms with Crippen LogP contribution in [0.1, 0.15) is 26.7 Å². The summed E-state index contributed by atoms with van der Waals surface area (Å²) >= 11 is 1.96. The van der Waals surface area contributed by atoms with Crippen LogP contribution in [0.4, 0.5) is 0 Å². The smallest absolute Gasteiger partial charge is 0.0195 e. The van der Waals surface area contributed by atoms with Crippen molar-refractivity contribution in [3.05, 3.63) is 0 Å². The van der Waals surface area contributed by atoms with Gasteiger partial charge in [0, 0.05) is 37.5 Å². The molecule has 1 N–H and O–H groups in total. The molecule has 0 radical (unpaired) electrons. The van der Waals surface area contributed by atoms with E-state index in [4.69, 9.17) is 0 Å². The Morgan fingerprint density at radius 2 is 2.36 bits per heavy atom. The van der Waals surface area contributed by atoms with Gasteiger partial charge in [0.25, 0.3) is 0 Å². The molecule has 2 nitrogen and oxygen atoms in total. The fourth-order valence-electron chi connectivity index (χ4n) is 2.14. The summed E-state index contributed by atoms with van der Waals surface area (Å²) < 4.78 is 0. The second kappa shape index (κ2) is 6.70. The molecule has 2 atom stereocenters. The van der Waals surface area contributed by atoms with Crippen molar-refractivity contribution in [1.82, 2.24) is 10.2 Å². The van der Waals surface area contributed by atoms with Gasteiger partial charge in [0.15, 0.2) is 0 Å². The van der Waals surface area contributed by atoms with Gasteiger partial charge in [-0.15, -0.1) is 0 Å². The highest BCUT2D eigenvalue weighted by Crippen LogP contribution is 2.11. The van der Waals surface area contributed by atoms with Crippen LogP contribution >= 0.6 is 11.8 Å². The number of hydrogen-bond donors (Lipinski definition) is 1. The largest absolute Gasteiger partial charge is 0.311 e. The molecule has 84 valence electrons. The molecule has 1 aliphatic heterocycles. The maximum Gasteiger partial charge on any atom is 0.0195 e. The lowest BCUT2D eigenvalue weighted by Crippen LogP contribution is -2.53. The van der Waals surface area contributed by atoms with Crippen LogP contribution in [0.2, 0.25) is 0 Å². The number of rotatable bonds is 5. The highest BCUT2D eigenvalue weighted by Gasteiger charge is 2.21. The Hall–Kier alpha value is 0.270. The van der Waals surface area contributed by atoms with E-state index >= 15 is 0 Å². The summed E-state index contributed by atoms with van der Waals surface area (Å²) in [5, 5.41) is 3.60. The molecular formula is C11H24N2S. The Bertz CT molecular complexity index is 146. The SMILES string of the molecule is CCCC1CN(C(C)CSC)CCN1. The molecule has 0 aliphatic carbocycles. The maximum atomic E-state index is 3.60. The van der Waals surface area contributed by atoms with Gasteiger partial charge in [-0.1, -0.05) is 13.3 Å². The Morgan fingerprint density at radius 1 is 1.57 bits per heavy atom. The van der Waals surface area contributed by atoms with Crippen molar-refractivity contribution >= 4 is 11.8 Å². The van der Waals surface area contributed by atoms with Crippen LogP contribution in [0.15, 0.2) is 0 Å². The highest BCUT2D eigenvalue weighted by atomic mass is 32.2. The molecule has 0 saturated carbocycles. The molecule has 0 aromatic heterocycles. The summed E-state index contributed by atoms with van der Waals surface area (Å²) in [5.41, 5.74) is 0. The van der Waals surface area contributed by atoms with E-state index in [1.54, 1.807) is 0 Å². The van der Waals surface area contributed by atoms with E-state index in [2.05, 4.69) is 30.3 Å². The molecule has 1 heterocycles. The molecule has 1 saturated heterocycles. The van der Waals surface area contributed by atoms with Gasteiger partial charge in [0.2, 0.25) is 0 Å². The van der Waals surface area contributed by atoms with Gasteiger partial charge >= 0.3 is 0 Å². The average Bonchev–Trinajstić information content (AvgIpc) is 2.19. The Labute approximate surface area is 92.8 Å². The first-order valence-corrected chi connectivity index (χ1v) is 7.13. The zero-order valence-electron chi connectivity index (χ0n) is 9.75.